The molecule has 1 aliphatic carbocycles. The summed E-state index contributed by atoms with van der Waals surface area (Å²) in [6, 6.07) is 4.10. The Hall–Kier alpha value is -1.58. The first-order valence-corrected chi connectivity index (χ1v) is 5.71. The molecule has 0 radical (unpaired) electrons. The third-order valence-electron chi connectivity index (χ3n) is 2.85. The Morgan fingerprint density at radius 3 is 2.82 bits per heavy atom. The molecule has 92 valence electrons. The molecule has 2 rings (SSSR count). The average Bonchev–Trinajstić information content (AvgIpc) is 3.12. The third-order valence-corrected chi connectivity index (χ3v) is 2.85. The van der Waals surface area contributed by atoms with E-state index in [-0.39, 0.29) is 5.56 Å². The molecule has 0 heterocycles. The van der Waals surface area contributed by atoms with Crippen LogP contribution in [-0.2, 0) is 4.74 Å². The number of ether oxygens (including phenoxy) is 2. The molecule has 1 aromatic rings. The summed E-state index contributed by atoms with van der Waals surface area (Å²) in [5, 5.41) is 0. The molecule has 0 unspecified atom stereocenters. The molecule has 0 aromatic heterocycles. The van der Waals surface area contributed by atoms with Crippen LogP contribution in [0.5, 0.6) is 5.75 Å². The molecular formula is C13H15FO3. The van der Waals surface area contributed by atoms with Crippen LogP contribution in [-0.4, -0.2) is 19.7 Å². The molecule has 4 heteroatoms. The van der Waals surface area contributed by atoms with Crippen LogP contribution in [0.15, 0.2) is 18.2 Å². The Bertz CT molecular complexity index is 413. The molecule has 0 atom stereocenters. The Morgan fingerprint density at radius 2 is 2.24 bits per heavy atom. The molecule has 0 N–H and O–H groups in total. The van der Waals surface area contributed by atoms with E-state index in [0.29, 0.717) is 18.3 Å². The summed E-state index contributed by atoms with van der Waals surface area (Å²) in [6.45, 7) is 0.370. The standard InChI is InChI=1S/C13H15FO3/c1-16-10-4-5-11(12(14)8-10)13(15)17-7-6-9-2-3-9/h4-5,8-9H,2-3,6-7H2,1H3. The van der Waals surface area contributed by atoms with Crippen molar-refractivity contribution in [3.8, 4) is 5.75 Å². The molecular weight excluding hydrogens is 223 g/mol. The Kier molecular flexibility index (Phi) is 3.61. The van der Waals surface area contributed by atoms with Gasteiger partial charge in [-0.05, 0) is 24.5 Å². The summed E-state index contributed by atoms with van der Waals surface area (Å²) >= 11 is 0. The second-order valence-corrected chi connectivity index (χ2v) is 4.21. The van der Waals surface area contributed by atoms with Gasteiger partial charge in [-0.15, -0.1) is 0 Å². The van der Waals surface area contributed by atoms with Crippen molar-refractivity contribution in [2.24, 2.45) is 5.92 Å². The number of hydrogen-bond donors (Lipinski definition) is 0. The smallest absolute Gasteiger partial charge is 0.341 e. The predicted molar refractivity (Wildman–Crippen MR) is 60.6 cm³/mol. The average molecular weight is 238 g/mol. The Balaban J connectivity index is 1.92. The van der Waals surface area contributed by atoms with E-state index < -0.39 is 11.8 Å². The third kappa shape index (κ3) is 3.19. The van der Waals surface area contributed by atoms with Crippen LogP contribution in [0.2, 0.25) is 0 Å². The summed E-state index contributed by atoms with van der Waals surface area (Å²) in [4.78, 5) is 11.6. The van der Waals surface area contributed by atoms with Gasteiger partial charge in [0.1, 0.15) is 11.6 Å². The van der Waals surface area contributed by atoms with Crippen molar-refractivity contribution in [3.63, 3.8) is 0 Å². The highest BCUT2D eigenvalue weighted by Crippen LogP contribution is 2.32. The molecule has 1 fully saturated rings. The van der Waals surface area contributed by atoms with Crippen LogP contribution >= 0.6 is 0 Å². The fraction of sp³-hybridized carbons (Fsp3) is 0.462. The summed E-state index contributed by atoms with van der Waals surface area (Å²) in [5.74, 6) is -0.132. The highest BCUT2D eigenvalue weighted by molar-refractivity contribution is 5.89. The van der Waals surface area contributed by atoms with Gasteiger partial charge in [-0.25, -0.2) is 9.18 Å². The number of hydrogen-bond acceptors (Lipinski definition) is 3. The molecule has 3 nitrogen and oxygen atoms in total. The van der Waals surface area contributed by atoms with E-state index in [2.05, 4.69) is 0 Å². The first kappa shape index (κ1) is 11.9. The number of methoxy groups -OCH3 is 1. The fourth-order valence-corrected chi connectivity index (χ4v) is 1.59. The number of carbonyl (C=O) groups is 1. The van der Waals surface area contributed by atoms with E-state index in [4.69, 9.17) is 9.47 Å². The van der Waals surface area contributed by atoms with Crippen molar-refractivity contribution in [3.05, 3.63) is 29.6 Å². The van der Waals surface area contributed by atoms with E-state index in [9.17, 15) is 9.18 Å². The van der Waals surface area contributed by atoms with Crippen LogP contribution in [0.4, 0.5) is 4.39 Å². The lowest BCUT2D eigenvalue weighted by atomic mass is 10.2. The van der Waals surface area contributed by atoms with Gasteiger partial charge in [-0.1, -0.05) is 12.8 Å². The number of benzene rings is 1. The van der Waals surface area contributed by atoms with Gasteiger partial charge in [0.2, 0.25) is 0 Å². The maximum Gasteiger partial charge on any atom is 0.341 e. The van der Waals surface area contributed by atoms with Crippen LogP contribution in [0.25, 0.3) is 0 Å². The van der Waals surface area contributed by atoms with Crippen molar-refractivity contribution in [1.82, 2.24) is 0 Å². The SMILES string of the molecule is COc1ccc(C(=O)OCCC2CC2)c(F)c1. The molecule has 0 amide bonds. The molecule has 0 bridgehead atoms. The number of esters is 1. The van der Waals surface area contributed by atoms with Crippen molar-refractivity contribution in [1.29, 1.82) is 0 Å². The van der Waals surface area contributed by atoms with Gasteiger partial charge in [0.15, 0.2) is 0 Å². The maximum atomic E-state index is 13.5. The fourth-order valence-electron chi connectivity index (χ4n) is 1.59. The van der Waals surface area contributed by atoms with Crippen LogP contribution < -0.4 is 4.74 Å². The van der Waals surface area contributed by atoms with Crippen LogP contribution in [0, 0.1) is 11.7 Å². The lowest BCUT2D eigenvalue weighted by molar-refractivity contribution is 0.0489. The van der Waals surface area contributed by atoms with Crippen LogP contribution in [0.3, 0.4) is 0 Å². The zero-order chi connectivity index (χ0) is 12.3. The monoisotopic (exact) mass is 238 g/mol. The molecule has 0 spiro atoms. The second kappa shape index (κ2) is 5.17. The molecule has 0 aliphatic heterocycles. The van der Waals surface area contributed by atoms with Crippen molar-refractivity contribution in [2.75, 3.05) is 13.7 Å². The summed E-state index contributed by atoms with van der Waals surface area (Å²) in [7, 11) is 1.45. The van der Waals surface area contributed by atoms with E-state index in [0.717, 1.165) is 6.42 Å². The van der Waals surface area contributed by atoms with Gasteiger partial charge < -0.3 is 9.47 Å². The van der Waals surface area contributed by atoms with Gasteiger partial charge in [-0.2, -0.15) is 0 Å². The first-order chi connectivity index (χ1) is 8.20. The Labute approximate surface area is 99.5 Å². The van der Waals surface area contributed by atoms with Crippen molar-refractivity contribution in [2.45, 2.75) is 19.3 Å². The van der Waals surface area contributed by atoms with Crippen molar-refractivity contribution >= 4 is 5.97 Å². The second-order valence-electron chi connectivity index (χ2n) is 4.21. The van der Waals surface area contributed by atoms with Crippen molar-refractivity contribution < 1.29 is 18.7 Å². The largest absolute Gasteiger partial charge is 0.497 e. The van der Waals surface area contributed by atoms with Gasteiger partial charge in [0, 0.05) is 6.07 Å². The summed E-state index contributed by atoms with van der Waals surface area (Å²) in [6.07, 6.45) is 3.31. The predicted octanol–water partition coefficient (Wildman–Crippen LogP) is 2.79. The molecule has 17 heavy (non-hydrogen) atoms. The van der Waals surface area contributed by atoms with E-state index in [1.165, 1.54) is 32.1 Å². The quantitative estimate of drug-likeness (QED) is 0.740. The zero-order valence-electron chi connectivity index (χ0n) is 9.74. The lowest BCUT2D eigenvalue weighted by Gasteiger charge is -2.06. The minimum absolute atomic E-state index is 0.0402. The normalized spacial score (nSPS) is 14.5. The minimum Gasteiger partial charge on any atom is -0.497 e. The molecule has 1 saturated carbocycles. The van der Waals surface area contributed by atoms with Gasteiger partial charge >= 0.3 is 5.97 Å². The van der Waals surface area contributed by atoms with Gasteiger partial charge in [0.25, 0.3) is 0 Å². The van der Waals surface area contributed by atoms with Gasteiger partial charge in [-0.3, -0.25) is 0 Å². The van der Waals surface area contributed by atoms with E-state index in [1.54, 1.807) is 6.07 Å². The topological polar surface area (TPSA) is 35.5 Å². The summed E-state index contributed by atoms with van der Waals surface area (Å²) in [5.41, 5.74) is -0.0402. The summed E-state index contributed by atoms with van der Waals surface area (Å²) < 4.78 is 23.4. The maximum absolute atomic E-state index is 13.5. The minimum atomic E-state index is -0.610. The first-order valence-electron chi connectivity index (χ1n) is 5.71. The van der Waals surface area contributed by atoms with Crippen LogP contribution in [0.1, 0.15) is 29.6 Å². The zero-order valence-corrected chi connectivity index (χ0v) is 9.74. The molecule has 1 aromatic carbocycles. The van der Waals surface area contributed by atoms with Gasteiger partial charge in [0.05, 0.1) is 19.3 Å². The van der Waals surface area contributed by atoms with E-state index >= 15 is 0 Å². The Morgan fingerprint density at radius 1 is 1.47 bits per heavy atom. The molecule has 0 saturated heterocycles. The molecule has 1 aliphatic rings. The number of carbonyl (C=O) groups excluding carboxylic acids is 1. The highest BCUT2D eigenvalue weighted by atomic mass is 19.1. The highest BCUT2D eigenvalue weighted by Gasteiger charge is 2.22. The lowest BCUT2D eigenvalue weighted by Crippen LogP contribution is -2.09. The van der Waals surface area contributed by atoms with E-state index in [1.807, 2.05) is 0 Å². The number of rotatable bonds is 5. The number of halogens is 1.